The first kappa shape index (κ1) is 20.2. The Bertz CT molecular complexity index is 896. The maximum atomic E-state index is 12.3. The standard InChI is InChI=1S/C21H22N2O6/c1-14(21(26)22-11-15-7-9-16(27-2)10-8-15)29-20(25)12-23-17-5-3-4-6-18(17)28-13-19(23)24/h3-10,14H,11-13H2,1-2H3,(H,22,26)/t14-/m0/s1. The van der Waals surface area contributed by atoms with Gasteiger partial charge in [0, 0.05) is 6.54 Å². The summed E-state index contributed by atoms with van der Waals surface area (Å²) < 4.78 is 15.6. The summed E-state index contributed by atoms with van der Waals surface area (Å²) in [5.41, 5.74) is 1.38. The van der Waals surface area contributed by atoms with E-state index in [-0.39, 0.29) is 19.1 Å². The molecule has 1 N–H and O–H groups in total. The minimum absolute atomic E-state index is 0.151. The van der Waals surface area contributed by atoms with Crippen LogP contribution in [-0.4, -0.2) is 44.1 Å². The molecule has 8 heteroatoms. The van der Waals surface area contributed by atoms with Gasteiger partial charge in [0.15, 0.2) is 12.7 Å². The number of para-hydroxylation sites is 2. The van der Waals surface area contributed by atoms with Crippen LogP contribution >= 0.6 is 0 Å². The first-order valence-electron chi connectivity index (χ1n) is 9.10. The van der Waals surface area contributed by atoms with Crippen LogP contribution < -0.4 is 19.7 Å². The molecule has 0 spiro atoms. The lowest BCUT2D eigenvalue weighted by molar-refractivity contribution is -0.154. The number of esters is 1. The van der Waals surface area contributed by atoms with E-state index in [4.69, 9.17) is 14.2 Å². The summed E-state index contributed by atoms with van der Waals surface area (Å²) in [6, 6.07) is 14.2. The fraction of sp³-hybridized carbons (Fsp3) is 0.286. The number of anilines is 1. The van der Waals surface area contributed by atoms with Crippen molar-refractivity contribution in [2.75, 3.05) is 25.2 Å². The van der Waals surface area contributed by atoms with Gasteiger partial charge >= 0.3 is 5.97 Å². The number of ether oxygens (including phenoxy) is 3. The summed E-state index contributed by atoms with van der Waals surface area (Å²) >= 11 is 0. The van der Waals surface area contributed by atoms with Crippen LogP contribution in [0.5, 0.6) is 11.5 Å². The fourth-order valence-corrected chi connectivity index (χ4v) is 2.82. The summed E-state index contributed by atoms with van der Waals surface area (Å²) in [6.45, 7) is 1.33. The van der Waals surface area contributed by atoms with Gasteiger partial charge in [-0.05, 0) is 36.8 Å². The molecule has 0 saturated carbocycles. The molecule has 152 valence electrons. The Morgan fingerprint density at radius 1 is 1.17 bits per heavy atom. The van der Waals surface area contributed by atoms with Crippen molar-refractivity contribution in [3.63, 3.8) is 0 Å². The van der Waals surface area contributed by atoms with Crippen molar-refractivity contribution in [1.82, 2.24) is 5.32 Å². The van der Waals surface area contributed by atoms with E-state index in [1.807, 2.05) is 12.1 Å². The second-order valence-electron chi connectivity index (χ2n) is 6.43. The topological polar surface area (TPSA) is 94.2 Å². The third-order valence-electron chi connectivity index (χ3n) is 4.40. The molecule has 1 atom stereocenters. The number of hydrogen-bond acceptors (Lipinski definition) is 6. The largest absolute Gasteiger partial charge is 0.497 e. The van der Waals surface area contributed by atoms with Gasteiger partial charge in [0.25, 0.3) is 11.8 Å². The van der Waals surface area contributed by atoms with Crippen LogP contribution in [0.25, 0.3) is 0 Å². The molecule has 2 amide bonds. The van der Waals surface area contributed by atoms with Gasteiger partial charge in [-0.25, -0.2) is 0 Å². The predicted molar refractivity (Wildman–Crippen MR) is 105 cm³/mol. The molecule has 1 heterocycles. The predicted octanol–water partition coefficient (Wildman–Crippen LogP) is 1.67. The smallest absolute Gasteiger partial charge is 0.326 e. The highest BCUT2D eigenvalue weighted by molar-refractivity contribution is 6.01. The van der Waals surface area contributed by atoms with Gasteiger partial charge in [-0.1, -0.05) is 24.3 Å². The number of benzene rings is 2. The molecular weight excluding hydrogens is 376 g/mol. The zero-order chi connectivity index (χ0) is 20.8. The number of rotatable bonds is 7. The highest BCUT2D eigenvalue weighted by Crippen LogP contribution is 2.31. The lowest BCUT2D eigenvalue weighted by Gasteiger charge is -2.28. The molecular formula is C21H22N2O6. The number of hydrogen-bond donors (Lipinski definition) is 1. The van der Waals surface area contributed by atoms with Crippen LogP contribution in [0.4, 0.5) is 5.69 Å². The van der Waals surface area contributed by atoms with Crippen molar-refractivity contribution >= 4 is 23.5 Å². The molecule has 0 aliphatic carbocycles. The molecule has 29 heavy (non-hydrogen) atoms. The minimum Gasteiger partial charge on any atom is -0.497 e. The van der Waals surface area contributed by atoms with E-state index in [2.05, 4.69) is 5.32 Å². The maximum Gasteiger partial charge on any atom is 0.326 e. The van der Waals surface area contributed by atoms with E-state index < -0.39 is 18.0 Å². The van der Waals surface area contributed by atoms with Crippen LogP contribution in [0.1, 0.15) is 12.5 Å². The monoisotopic (exact) mass is 398 g/mol. The number of carbonyl (C=O) groups excluding carboxylic acids is 3. The van der Waals surface area contributed by atoms with Gasteiger partial charge in [-0.2, -0.15) is 0 Å². The molecule has 3 rings (SSSR count). The molecule has 0 unspecified atom stereocenters. The number of carbonyl (C=O) groups is 3. The maximum absolute atomic E-state index is 12.3. The zero-order valence-electron chi connectivity index (χ0n) is 16.2. The first-order chi connectivity index (χ1) is 14.0. The average molecular weight is 398 g/mol. The van der Waals surface area contributed by atoms with E-state index >= 15 is 0 Å². The Balaban J connectivity index is 1.52. The van der Waals surface area contributed by atoms with Gasteiger partial charge in [0.2, 0.25) is 0 Å². The van der Waals surface area contributed by atoms with Crippen molar-refractivity contribution < 1.29 is 28.6 Å². The second-order valence-corrected chi connectivity index (χ2v) is 6.43. The Kier molecular flexibility index (Phi) is 6.33. The fourth-order valence-electron chi connectivity index (χ4n) is 2.82. The summed E-state index contributed by atoms with van der Waals surface area (Å²) in [6.07, 6.45) is -0.993. The quantitative estimate of drug-likeness (QED) is 0.713. The Morgan fingerprint density at radius 2 is 1.90 bits per heavy atom. The van der Waals surface area contributed by atoms with Crippen LogP contribution in [0.2, 0.25) is 0 Å². The van der Waals surface area contributed by atoms with Crippen LogP contribution in [0.15, 0.2) is 48.5 Å². The van der Waals surface area contributed by atoms with E-state index in [1.54, 1.807) is 43.5 Å². The minimum atomic E-state index is -0.993. The van der Waals surface area contributed by atoms with Gasteiger partial charge in [0.05, 0.1) is 12.8 Å². The number of nitrogens with one attached hydrogen (secondary N) is 1. The second kappa shape index (κ2) is 9.09. The van der Waals surface area contributed by atoms with Crippen molar-refractivity contribution in [3.8, 4) is 11.5 Å². The molecule has 8 nitrogen and oxygen atoms in total. The average Bonchev–Trinajstić information content (AvgIpc) is 2.74. The van der Waals surface area contributed by atoms with Gasteiger partial charge in [-0.3, -0.25) is 19.3 Å². The molecule has 2 aromatic carbocycles. The number of amides is 2. The third-order valence-corrected chi connectivity index (χ3v) is 4.40. The molecule has 0 saturated heterocycles. The summed E-state index contributed by atoms with van der Waals surface area (Å²) in [5, 5.41) is 2.71. The zero-order valence-corrected chi connectivity index (χ0v) is 16.2. The van der Waals surface area contributed by atoms with E-state index in [0.717, 1.165) is 11.3 Å². The Labute approximate surface area is 168 Å². The SMILES string of the molecule is COc1ccc(CNC(=O)[C@H](C)OC(=O)CN2C(=O)COc3ccccc32)cc1. The molecule has 0 bridgehead atoms. The summed E-state index contributed by atoms with van der Waals surface area (Å²) in [5.74, 6) is -0.214. The summed E-state index contributed by atoms with van der Waals surface area (Å²) in [7, 11) is 1.58. The normalized spacial score (nSPS) is 13.7. The van der Waals surface area contributed by atoms with Crippen molar-refractivity contribution in [1.29, 1.82) is 0 Å². The van der Waals surface area contributed by atoms with Crippen molar-refractivity contribution in [2.24, 2.45) is 0 Å². The number of fused-ring (bicyclic) bond motifs is 1. The molecule has 0 aromatic heterocycles. The number of nitrogens with zero attached hydrogens (tertiary/aromatic N) is 1. The van der Waals surface area contributed by atoms with Gasteiger partial charge < -0.3 is 19.5 Å². The third kappa shape index (κ3) is 5.04. The van der Waals surface area contributed by atoms with Crippen molar-refractivity contribution in [2.45, 2.75) is 19.6 Å². The van der Waals surface area contributed by atoms with E-state index in [0.29, 0.717) is 18.0 Å². The molecule has 1 aliphatic heterocycles. The lowest BCUT2D eigenvalue weighted by atomic mass is 10.2. The Morgan fingerprint density at radius 3 is 2.62 bits per heavy atom. The first-order valence-corrected chi connectivity index (χ1v) is 9.10. The highest BCUT2D eigenvalue weighted by atomic mass is 16.5. The van der Waals surface area contributed by atoms with Gasteiger partial charge in [0.1, 0.15) is 18.0 Å². The van der Waals surface area contributed by atoms with Gasteiger partial charge in [-0.15, -0.1) is 0 Å². The summed E-state index contributed by atoms with van der Waals surface area (Å²) in [4.78, 5) is 37.9. The molecule has 1 aliphatic rings. The number of methoxy groups -OCH3 is 1. The molecule has 0 radical (unpaired) electrons. The van der Waals surface area contributed by atoms with Crippen molar-refractivity contribution in [3.05, 3.63) is 54.1 Å². The highest BCUT2D eigenvalue weighted by Gasteiger charge is 2.28. The van der Waals surface area contributed by atoms with Crippen LogP contribution in [0.3, 0.4) is 0 Å². The molecule has 2 aromatic rings. The lowest BCUT2D eigenvalue weighted by Crippen LogP contribution is -2.44. The van der Waals surface area contributed by atoms with Crippen LogP contribution in [0, 0.1) is 0 Å². The Hall–Kier alpha value is -3.55. The van der Waals surface area contributed by atoms with Crippen LogP contribution in [-0.2, 0) is 25.7 Å². The molecule has 0 fully saturated rings. The van der Waals surface area contributed by atoms with E-state index in [9.17, 15) is 14.4 Å². The van der Waals surface area contributed by atoms with E-state index in [1.165, 1.54) is 11.8 Å².